The number of fused-ring (bicyclic) bond motifs is 1. The Hall–Kier alpha value is -2.24. The maximum Gasteiger partial charge on any atom is 0.127 e. The average molecular weight is 323 g/mol. The molecule has 1 saturated heterocycles. The summed E-state index contributed by atoms with van der Waals surface area (Å²) in [5.41, 5.74) is 4.29. The van der Waals surface area contributed by atoms with Crippen molar-refractivity contribution in [1.82, 2.24) is 14.9 Å². The number of hydrogen-bond donors (Lipinski definition) is 0. The first-order chi connectivity index (χ1) is 11.8. The minimum atomic E-state index is -0.00996. The predicted molar refractivity (Wildman–Crippen MR) is 91.8 cm³/mol. The van der Waals surface area contributed by atoms with E-state index in [0.29, 0.717) is 13.2 Å². The second-order valence-corrected chi connectivity index (χ2v) is 6.31. The highest BCUT2D eigenvalue weighted by Gasteiger charge is 2.24. The zero-order chi connectivity index (χ0) is 16.4. The van der Waals surface area contributed by atoms with E-state index >= 15 is 0 Å². The van der Waals surface area contributed by atoms with E-state index in [9.17, 15) is 0 Å². The fourth-order valence-electron chi connectivity index (χ4n) is 3.14. The molecule has 0 aliphatic carbocycles. The Morgan fingerprint density at radius 3 is 3.00 bits per heavy atom. The first kappa shape index (κ1) is 15.3. The van der Waals surface area contributed by atoms with Gasteiger partial charge >= 0.3 is 0 Å². The highest BCUT2D eigenvalue weighted by atomic mass is 16.5. The lowest BCUT2D eigenvalue weighted by molar-refractivity contribution is -0.0296. The third-order valence-electron chi connectivity index (χ3n) is 4.40. The Bertz CT molecular complexity index is 743. The van der Waals surface area contributed by atoms with Crippen molar-refractivity contribution in [3.05, 3.63) is 59.2 Å². The van der Waals surface area contributed by atoms with Gasteiger partial charge in [0.1, 0.15) is 18.5 Å². The molecule has 1 unspecified atom stereocenters. The minimum absolute atomic E-state index is 0.00996. The Morgan fingerprint density at radius 1 is 1.21 bits per heavy atom. The molecule has 1 fully saturated rings. The lowest BCUT2D eigenvalue weighted by Gasteiger charge is -2.33. The number of nitrogens with zero attached hydrogens (tertiary/aromatic N) is 3. The van der Waals surface area contributed by atoms with Crippen molar-refractivity contribution in [2.24, 2.45) is 0 Å². The third kappa shape index (κ3) is 3.32. The van der Waals surface area contributed by atoms with Gasteiger partial charge in [0.2, 0.25) is 0 Å². The van der Waals surface area contributed by atoms with Crippen LogP contribution in [0.5, 0.6) is 5.75 Å². The molecule has 5 nitrogen and oxygen atoms in total. The van der Waals surface area contributed by atoms with Crippen molar-refractivity contribution in [2.75, 3.05) is 32.8 Å². The van der Waals surface area contributed by atoms with Crippen molar-refractivity contribution < 1.29 is 9.47 Å². The summed E-state index contributed by atoms with van der Waals surface area (Å²) in [5, 5.41) is 0. The number of ether oxygens (including phenoxy) is 2. The number of aromatic nitrogens is 2. The van der Waals surface area contributed by atoms with Crippen molar-refractivity contribution in [3.63, 3.8) is 0 Å². The molecule has 0 saturated carbocycles. The zero-order valence-corrected chi connectivity index (χ0v) is 13.8. The number of para-hydroxylation sites is 1. The van der Waals surface area contributed by atoms with E-state index in [1.807, 2.05) is 31.3 Å². The van der Waals surface area contributed by atoms with E-state index in [0.717, 1.165) is 42.3 Å². The average Bonchev–Trinajstić information content (AvgIpc) is 2.62. The van der Waals surface area contributed by atoms with E-state index in [1.165, 1.54) is 5.57 Å². The minimum Gasteiger partial charge on any atom is -0.489 e. The van der Waals surface area contributed by atoms with Gasteiger partial charge in [-0.1, -0.05) is 18.2 Å². The number of morpholine rings is 1. The summed E-state index contributed by atoms with van der Waals surface area (Å²) in [6.07, 6.45) is 5.85. The van der Waals surface area contributed by atoms with Gasteiger partial charge in [-0.05, 0) is 24.6 Å². The van der Waals surface area contributed by atoms with Gasteiger partial charge in [-0.3, -0.25) is 14.9 Å². The molecule has 5 heteroatoms. The van der Waals surface area contributed by atoms with Crippen LogP contribution in [-0.4, -0.2) is 47.7 Å². The molecule has 0 radical (unpaired) electrons. The molecule has 0 N–H and O–H groups in total. The van der Waals surface area contributed by atoms with Crippen molar-refractivity contribution in [2.45, 2.75) is 13.0 Å². The molecule has 24 heavy (non-hydrogen) atoms. The monoisotopic (exact) mass is 323 g/mol. The van der Waals surface area contributed by atoms with Crippen LogP contribution >= 0.6 is 0 Å². The van der Waals surface area contributed by atoms with Crippen LogP contribution in [0.25, 0.3) is 6.08 Å². The van der Waals surface area contributed by atoms with Crippen LogP contribution in [-0.2, 0) is 4.74 Å². The molecule has 3 heterocycles. The second-order valence-electron chi connectivity index (χ2n) is 6.31. The van der Waals surface area contributed by atoms with Gasteiger partial charge in [-0.15, -0.1) is 0 Å². The molecule has 2 aliphatic rings. The highest BCUT2D eigenvalue weighted by molar-refractivity contribution is 5.62. The van der Waals surface area contributed by atoms with Crippen LogP contribution in [0, 0.1) is 6.92 Å². The first-order valence-corrected chi connectivity index (χ1v) is 8.32. The smallest absolute Gasteiger partial charge is 0.127 e. The summed E-state index contributed by atoms with van der Waals surface area (Å²) >= 11 is 0. The predicted octanol–water partition coefficient (Wildman–Crippen LogP) is 2.63. The Labute approximate surface area is 141 Å². The quantitative estimate of drug-likeness (QED) is 0.869. The number of aryl methyl sites for hydroxylation is 1. The summed E-state index contributed by atoms with van der Waals surface area (Å²) in [4.78, 5) is 11.2. The van der Waals surface area contributed by atoms with Gasteiger partial charge in [-0.2, -0.15) is 0 Å². The molecular weight excluding hydrogens is 302 g/mol. The third-order valence-corrected chi connectivity index (χ3v) is 4.40. The van der Waals surface area contributed by atoms with Gasteiger partial charge in [0.15, 0.2) is 0 Å². The van der Waals surface area contributed by atoms with Crippen molar-refractivity contribution >= 4 is 6.08 Å². The largest absolute Gasteiger partial charge is 0.489 e. The van der Waals surface area contributed by atoms with E-state index in [-0.39, 0.29) is 6.10 Å². The van der Waals surface area contributed by atoms with Gasteiger partial charge in [0, 0.05) is 31.4 Å². The van der Waals surface area contributed by atoms with Gasteiger partial charge in [0.05, 0.1) is 24.2 Å². The van der Waals surface area contributed by atoms with Crippen molar-refractivity contribution in [1.29, 1.82) is 0 Å². The summed E-state index contributed by atoms with van der Waals surface area (Å²) < 4.78 is 11.7. The number of rotatable bonds is 3. The van der Waals surface area contributed by atoms with Crippen LogP contribution in [0.3, 0.4) is 0 Å². The van der Waals surface area contributed by atoms with Crippen LogP contribution in [0.4, 0.5) is 0 Å². The summed E-state index contributed by atoms with van der Waals surface area (Å²) in [6.45, 7) is 5.96. The maximum absolute atomic E-state index is 5.88. The van der Waals surface area contributed by atoms with Gasteiger partial charge in [-0.25, -0.2) is 0 Å². The normalized spacial score (nSPS) is 20.9. The Balaban J connectivity index is 1.44. The van der Waals surface area contributed by atoms with Gasteiger partial charge < -0.3 is 9.47 Å². The van der Waals surface area contributed by atoms with Crippen molar-refractivity contribution in [3.8, 4) is 5.75 Å². The summed E-state index contributed by atoms with van der Waals surface area (Å²) in [6, 6.07) is 8.16. The van der Waals surface area contributed by atoms with E-state index < -0.39 is 0 Å². The first-order valence-electron chi connectivity index (χ1n) is 8.32. The molecular formula is C19H21N3O2. The van der Waals surface area contributed by atoms with Crippen LogP contribution < -0.4 is 4.74 Å². The molecule has 2 aromatic rings. The zero-order valence-electron chi connectivity index (χ0n) is 13.8. The summed E-state index contributed by atoms with van der Waals surface area (Å²) in [7, 11) is 0. The highest BCUT2D eigenvalue weighted by Crippen LogP contribution is 2.27. The maximum atomic E-state index is 5.88. The number of benzene rings is 1. The molecule has 124 valence electrons. The van der Waals surface area contributed by atoms with Crippen LogP contribution in [0.2, 0.25) is 0 Å². The second kappa shape index (κ2) is 6.71. The SMILES string of the molecule is Cc1cnc(C2CN(CC3=Cc4ccccc4OC3)CCO2)cn1. The number of hydrogen-bond acceptors (Lipinski definition) is 5. The summed E-state index contributed by atoms with van der Waals surface area (Å²) in [5.74, 6) is 0.969. The Kier molecular flexibility index (Phi) is 4.28. The lowest BCUT2D eigenvalue weighted by Crippen LogP contribution is -2.40. The molecule has 0 spiro atoms. The van der Waals surface area contributed by atoms with E-state index in [4.69, 9.17) is 9.47 Å². The Morgan fingerprint density at radius 2 is 2.12 bits per heavy atom. The molecule has 1 aromatic heterocycles. The standard InChI is InChI=1S/C19H21N3O2/c1-14-9-21-17(10-20-14)19-12-22(6-7-23-19)11-15-8-16-4-2-3-5-18(16)24-13-15/h2-5,8-10,19H,6-7,11-13H2,1H3. The topological polar surface area (TPSA) is 47.5 Å². The molecule has 0 amide bonds. The molecule has 0 bridgehead atoms. The molecule has 2 aliphatic heterocycles. The molecule has 4 rings (SSSR count). The van der Waals surface area contributed by atoms with Crippen LogP contribution in [0.1, 0.15) is 23.1 Å². The molecule has 1 atom stereocenters. The fourth-order valence-corrected chi connectivity index (χ4v) is 3.14. The fraction of sp³-hybridized carbons (Fsp3) is 0.368. The van der Waals surface area contributed by atoms with Gasteiger partial charge in [0.25, 0.3) is 0 Å². The lowest BCUT2D eigenvalue weighted by atomic mass is 10.1. The van der Waals surface area contributed by atoms with E-state index in [1.54, 1.807) is 6.20 Å². The van der Waals surface area contributed by atoms with E-state index in [2.05, 4.69) is 27.0 Å². The van der Waals surface area contributed by atoms with Crippen LogP contribution in [0.15, 0.2) is 42.2 Å². The molecule has 1 aromatic carbocycles.